The van der Waals surface area contributed by atoms with Gasteiger partial charge < -0.3 is 28.8 Å². The number of phenols is 1. The Morgan fingerprint density at radius 3 is 2.21 bits per heavy atom. The molecule has 2 rings (SSSR count). The van der Waals surface area contributed by atoms with Gasteiger partial charge in [0, 0.05) is 25.8 Å². The maximum atomic E-state index is 12.1. The summed E-state index contributed by atoms with van der Waals surface area (Å²) in [5, 5.41) is 9.96. The second-order valence-electron chi connectivity index (χ2n) is 5.96. The van der Waals surface area contributed by atoms with E-state index in [0.717, 1.165) is 5.56 Å². The summed E-state index contributed by atoms with van der Waals surface area (Å²) in [6.07, 6.45) is 0.639. The number of phenolic OH excluding ortho intramolecular Hbond substituents is 1. The molecular formula is C21H26O7. The van der Waals surface area contributed by atoms with E-state index in [1.807, 2.05) is 13.0 Å². The maximum absolute atomic E-state index is 12.1. The number of benzene rings is 2. The summed E-state index contributed by atoms with van der Waals surface area (Å²) < 4.78 is 26.5. The van der Waals surface area contributed by atoms with Gasteiger partial charge in [0.25, 0.3) is 0 Å². The molecule has 0 spiro atoms. The van der Waals surface area contributed by atoms with E-state index >= 15 is 0 Å². The van der Waals surface area contributed by atoms with E-state index < -0.39 is 5.97 Å². The molecule has 0 aliphatic heterocycles. The average Bonchev–Trinajstić information content (AvgIpc) is 2.70. The van der Waals surface area contributed by atoms with E-state index in [2.05, 4.69) is 0 Å². The summed E-state index contributed by atoms with van der Waals surface area (Å²) in [7, 11) is 4.39. The smallest absolute Gasteiger partial charge is 0.310 e. The quantitative estimate of drug-likeness (QED) is 0.492. The number of hydrogen-bond acceptors (Lipinski definition) is 7. The van der Waals surface area contributed by atoms with Gasteiger partial charge in [-0.15, -0.1) is 0 Å². The van der Waals surface area contributed by atoms with Crippen LogP contribution in [0.1, 0.15) is 18.1 Å². The number of carbonyl (C=O) groups is 1. The van der Waals surface area contributed by atoms with Gasteiger partial charge in [-0.2, -0.15) is 0 Å². The molecule has 0 aliphatic rings. The molecule has 0 aromatic heterocycles. The third kappa shape index (κ3) is 5.15. The van der Waals surface area contributed by atoms with Crippen molar-refractivity contribution in [3.05, 3.63) is 41.5 Å². The molecular weight excluding hydrogens is 364 g/mol. The molecule has 0 unspecified atom stereocenters. The predicted octanol–water partition coefficient (Wildman–Crippen LogP) is 3.30. The molecule has 7 nitrogen and oxygen atoms in total. The van der Waals surface area contributed by atoms with Crippen molar-refractivity contribution >= 4 is 5.97 Å². The first-order valence-electron chi connectivity index (χ1n) is 8.84. The second kappa shape index (κ2) is 10.5. The van der Waals surface area contributed by atoms with Gasteiger partial charge in [0.15, 0.2) is 13.6 Å². The SMILES string of the molecule is CCc1c(OCOC)cc(OCOC)c(-c2cccc(O)c2)c1CC(=O)OC. The van der Waals surface area contributed by atoms with Crippen molar-refractivity contribution in [1.29, 1.82) is 0 Å². The summed E-state index contributed by atoms with van der Waals surface area (Å²) in [5.74, 6) is 0.738. The minimum absolute atomic E-state index is 0.0126. The summed E-state index contributed by atoms with van der Waals surface area (Å²) >= 11 is 0. The Balaban J connectivity index is 2.76. The number of ether oxygens (including phenoxy) is 5. The molecule has 0 saturated heterocycles. The van der Waals surface area contributed by atoms with Crippen LogP contribution >= 0.6 is 0 Å². The van der Waals surface area contributed by atoms with E-state index in [0.29, 0.717) is 34.6 Å². The molecule has 0 fully saturated rings. The Morgan fingerprint density at radius 2 is 1.64 bits per heavy atom. The molecule has 0 bridgehead atoms. The fourth-order valence-corrected chi connectivity index (χ4v) is 2.99. The number of aromatic hydroxyl groups is 1. The van der Waals surface area contributed by atoms with Gasteiger partial charge in [-0.1, -0.05) is 19.1 Å². The van der Waals surface area contributed by atoms with Crippen molar-refractivity contribution in [1.82, 2.24) is 0 Å². The van der Waals surface area contributed by atoms with Crippen LogP contribution < -0.4 is 9.47 Å². The van der Waals surface area contributed by atoms with Gasteiger partial charge >= 0.3 is 5.97 Å². The lowest BCUT2D eigenvalue weighted by atomic mass is 9.90. The van der Waals surface area contributed by atoms with Gasteiger partial charge in [-0.05, 0) is 35.2 Å². The number of rotatable bonds is 10. The van der Waals surface area contributed by atoms with Crippen molar-refractivity contribution in [3.8, 4) is 28.4 Å². The molecule has 0 atom stereocenters. The fraction of sp³-hybridized carbons (Fsp3) is 0.381. The highest BCUT2D eigenvalue weighted by Crippen LogP contribution is 2.42. The molecule has 0 amide bonds. The maximum Gasteiger partial charge on any atom is 0.310 e. The van der Waals surface area contributed by atoms with E-state index in [4.69, 9.17) is 23.7 Å². The monoisotopic (exact) mass is 390 g/mol. The van der Waals surface area contributed by atoms with Crippen LogP contribution in [0.4, 0.5) is 0 Å². The first kappa shape index (κ1) is 21.5. The van der Waals surface area contributed by atoms with E-state index in [9.17, 15) is 9.90 Å². The van der Waals surface area contributed by atoms with Crippen molar-refractivity contribution < 1.29 is 33.6 Å². The Morgan fingerprint density at radius 1 is 0.964 bits per heavy atom. The van der Waals surface area contributed by atoms with Gasteiger partial charge in [-0.25, -0.2) is 0 Å². The lowest BCUT2D eigenvalue weighted by Gasteiger charge is -2.22. The van der Waals surface area contributed by atoms with Gasteiger partial charge in [0.2, 0.25) is 0 Å². The Bertz CT molecular complexity index is 802. The lowest BCUT2D eigenvalue weighted by Crippen LogP contribution is -2.12. The molecule has 28 heavy (non-hydrogen) atoms. The molecule has 0 heterocycles. The van der Waals surface area contributed by atoms with E-state index in [-0.39, 0.29) is 25.8 Å². The third-order valence-corrected chi connectivity index (χ3v) is 4.17. The van der Waals surface area contributed by atoms with E-state index in [1.165, 1.54) is 21.3 Å². The molecule has 152 valence electrons. The van der Waals surface area contributed by atoms with Crippen molar-refractivity contribution in [2.45, 2.75) is 19.8 Å². The van der Waals surface area contributed by atoms with Crippen LogP contribution in [0.5, 0.6) is 17.2 Å². The average molecular weight is 390 g/mol. The molecule has 0 aliphatic carbocycles. The van der Waals surface area contributed by atoms with Crippen molar-refractivity contribution in [2.24, 2.45) is 0 Å². The summed E-state index contributed by atoms with van der Waals surface area (Å²) in [4.78, 5) is 12.1. The molecule has 1 N–H and O–H groups in total. The highest BCUT2D eigenvalue weighted by atomic mass is 16.7. The normalized spacial score (nSPS) is 10.6. The van der Waals surface area contributed by atoms with Crippen LogP contribution in [0.3, 0.4) is 0 Å². The minimum atomic E-state index is -0.391. The van der Waals surface area contributed by atoms with Gasteiger partial charge in [0.1, 0.15) is 17.2 Å². The van der Waals surface area contributed by atoms with Crippen LogP contribution in [0.2, 0.25) is 0 Å². The summed E-state index contributed by atoms with van der Waals surface area (Å²) in [5.41, 5.74) is 2.93. The highest BCUT2D eigenvalue weighted by molar-refractivity contribution is 5.83. The van der Waals surface area contributed by atoms with Gasteiger partial charge in [0.05, 0.1) is 13.5 Å². The Labute approximate surface area is 164 Å². The largest absolute Gasteiger partial charge is 0.508 e. The second-order valence-corrected chi connectivity index (χ2v) is 5.96. The Kier molecular flexibility index (Phi) is 8.10. The first-order chi connectivity index (χ1) is 13.5. The molecule has 0 saturated carbocycles. The number of carbonyl (C=O) groups excluding carboxylic acids is 1. The number of esters is 1. The molecule has 2 aromatic rings. The van der Waals surface area contributed by atoms with Crippen LogP contribution in [0, 0.1) is 0 Å². The van der Waals surface area contributed by atoms with Crippen LogP contribution in [0.25, 0.3) is 11.1 Å². The molecule has 2 aromatic carbocycles. The Hall–Kier alpha value is -2.77. The van der Waals surface area contributed by atoms with Gasteiger partial charge in [-0.3, -0.25) is 4.79 Å². The summed E-state index contributed by atoms with van der Waals surface area (Å²) in [6.45, 7) is 2.04. The zero-order valence-corrected chi connectivity index (χ0v) is 16.6. The van der Waals surface area contributed by atoms with Crippen molar-refractivity contribution in [2.75, 3.05) is 34.9 Å². The van der Waals surface area contributed by atoms with Crippen molar-refractivity contribution in [3.63, 3.8) is 0 Å². The van der Waals surface area contributed by atoms with Crippen LogP contribution in [0.15, 0.2) is 30.3 Å². The topological polar surface area (TPSA) is 83.5 Å². The summed E-state index contributed by atoms with van der Waals surface area (Å²) in [6, 6.07) is 8.51. The predicted molar refractivity (Wildman–Crippen MR) is 104 cm³/mol. The van der Waals surface area contributed by atoms with Crippen LogP contribution in [-0.2, 0) is 31.8 Å². The van der Waals surface area contributed by atoms with E-state index in [1.54, 1.807) is 24.3 Å². The first-order valence-corrected chi connectivity index (χ1v) is 8.84. The molecule has 0 radical (unpaired) electrons. The van der Waals surface area contributed by atoms with Crippen LogP contribution in [-0.4, -0.2) is 46.0 Å². The number of hydrogen-bond donors (Lipinski definition) is 1. The zero-order chi connectivity index (χ0) is 20.5. The minimum Gasteiger partial charge on any atom is -0.508 e. The zero-order valence-electron chi connectivity index (χ0n) is 16.6. The fourth-order valence-electron chi connectivity index (χ4n) is 2.99. The molecule has 7 heteroatoms. The highest BCUT2D eigenvalue weighted by Gasteiger charge is 2.23. The third-order valence-electron chi connectivity index (χ3n) is 4.17. The standard InChI is InChI=1S/C21H26O7/c1-5-16-17(10-20(23)26-4)21(14-7-6-8-15(22)9-14)19(28-13-25-3)11-18(16)27-12-24-2/h6-9,11,22H,5,10,12-13H2,1-4H3. The lowest BCUT2D eigenvalue weighted by molar-refractivity contribution is -0.139. The number of methoxy groups -OCH3 is 3.